The van der Waals surface area contributed by atoms with E-state index in [1.165, 1.54) is 6.07 Å². The van der Waals surface area contributed by atoms with E-state index in [1.54, 1.807) is 18.2 Å². The molecular formula is C13H15ClN2O2S. The first kappa shape index (κ1) is 14.1. The molecule has 2 aromatic rings. The van der Waals surface area contributed by atoms with Gasteiger partial charge in [0, 0.05) is 26.0 Å². The molecule has 0 spiro atoms. The maximum Gasteiger partial charge on any atom is 0.242 e. The van der Waals surface area contributed by atoms with Gasteiger partial charge in [0.25, 0.3) is 0 Å². The molecule has 0 aliphatic carbocycles. The Bertz CT molecular complexity index is 665. The minimum absolute atomic E-state index is 0.115. The lowest BCUT2D eigenvalue weighted by atomic mass is 10.2. The Morgan fingerprint density at radius 2 is 2.00 bits per heavy atom. The van der Waals surface area contributed by atoms with Crippen LogP contribution >= 0.6 is 11.6 Å². The van der Waals surface area contributed by atoms with Gasteiger partial charge in [-0.1, -0.05) is 23.7 Å². The van der Waals surface area contributed by atoms with Gasteiger partial charge in [-0.05, 0) is 30.2 Å². The van der Waals surface area contributed by atoms with E-state index in [2.05, 4.69) is 4.72 Å². The molecule has 0 fully saturated rings. The van der Waals surface area contributed by atoms with Gasteiger partial charge in [-0.3, -0.25) is 0 Å². The molecule has 0 aliphatic rings. The summed E-state index contributed by atoms with van der Waals surface area (Å²) >= 11 is 5.89. The summed E-state index contributed by atoms with van der Waals surface area (Å²) in [6.45, 7) is 0.345. The number of nitrogens with zero attached hydrogens (tertiary/aromatic N) is 1. The van der Waals surface area contributed by atoms with E-state index in [-0.39, 0.29) is 9.92 Å². The monoisotopic (exact) mass is 298 g/mol. The molecule has 1 aromatic carbocycles. The van der Waals surface area contributed by atoms with Crippen molar-refractivity contribution in [1.82, 2.24) is 9.29 Å². The number of benzene rings is 1. The van der Waals surface area contributed by atoms with Gasteiger partial charge in [0.2, 0.25) is 10.0 Å². The zero-order valence-electron chi connectivity index (χ0n) is 10.5. The molecule has 1 N–H and O–H groups in total. The fourth-order valence-corrected chi connectivity index (χ4v) is 3.33. The third-order valence-corrected chi connectivity index (χ3v) is 4.69. The Kier molecular flexibility index (Phi) is 4.29. The largest absolute Gasteiger partial charge is 0.357 e. The highest BCUT2D eigenvalue weighted by atomic mass is 35.5. The van der Waals surface area contributed by atoms with Crippen LogP contribution < -0.4 is 4.72 Å². The smallest absolute Gasteiger partial charge is 0.242 e. The van der Waals surface area contributed by atoms with Crippen LogP contribution in [-0.4, -0.2) is 19.5 Å². The predicted molar refractivity (Wildman–Crippen MR) is 75.8 cm³/mol. The molecular weight excluding hydrogens is 284 g/mol. The number of aromatic nitrogens is 1. The van der Waals surface area contributed by atoms with Crippen LogP contribution in [0.5, 0.6) is 0 Å². The Morgan fingerprint density at radius 1 is 1.26 bits per heavy atom. The van der Waals surface area contributed by atoms with E-state index in [1.807, 2.05) is 30.1 Å². The van der Waals surface area contributed by atoms with Crippen molar-refractivity contribution in [2.45, 2.75) is 11.3 Å². The summed E-state index contributed by atoms with van der Waals surface area (Å²) in [5, 5.41) is 0.231. The highest BCUT2D eigenvalue weighted by molar-refractivity contribution is 7.89. The second kappa shape index (κ2) is 5.77. The van der Waals surface area contributed by atoms with Crippen LogP contribution in [0.4, 0.5) is 0 Å². The molecule has 0 amide bonds. The van der Waals surface area contributed by atoms with E-state index in [4.69, 9.17) is 11.6 Å². The van der Waals surface area contributed by atoms with Crippen LogP contribution in [0.2, 0.25) is 5.02 Å². The molecule has 0 bridgehead atoms. The van der Waals surface area contributed by atoms with Crippen LogP contribution in [0.25, 0.3) is 0 Å². The van der Waals surface area contributed by atoms with Crippen molar-refractivity contribution in [1.29, 1.82) is 0 Å². The van der Waals surface area contributed by atoms with E-state index in [0.29, 0.717) is 13.0 Å². The number of halogens is 1. The normalized spacial score (nSPS) is 11.7. The average molecular weight is 299 g/mol. The average Bonchev–Trinajstić information content (AvgIpc) is 2.75. The van der Waals surface area contributed by atoms with E-state index in [9.17, 15) is 8.42 Å². The first-order chi connectivity index (χ1) is 8.99. The summed E-state index contributed by atoms with van der Waals surface area (Å²) < 4.78 is 28.6. The minimum Gasteiger partial charge on any atom is -0.357 e. The van der Waals surface area contributed by atoms with E-state index in [0.717, 1.165) is 5.56 Å². The third kappa shape index (κ3) is 3.59. The molecule has 102 valence electrons. The summed E-state index contributed by atoms with van der Waals surface area (Å²) in [4.78, 5) is 0.115. The Labute approximate surface area is 118 Å². The summed E-state index contributed by atoms with van der Waals surface area (Å²) in [6, 6.07) is 8.37. The van der Waals surface area contributed by atoms with Gasteiger partial charge in [0.15, 0.2) is 0 Å². The van der Waals surface area contributed by atoms with Crippen molar-refractivity contribution in [3.8, 4) is 0 Å². The van der Waals surface area contributed by atoms with Crippen LogP contribution in [0.3, 0.4) is 0 Å². The van der Waals surface area contributed by atoms with Crippen LogP contribution in [0.15, 0.2) is 47.6 Å². The SMILES string of the molecule is Cn1ccc(CCNS(=O)(=O)c2ccccc2Cl)c1. The van der Waals surface area contributed by atoms with Gasteiger partial charge in [0.05, 0.1) is 5.02 Å². The molecule has 6 heteroatoms. The zero-order valence-corrected chi connectivity index (χ0v) is 12.1. The Balaban J connectivity index is 2.01. The standard InChI is InChI=1S/C13H15ClN2O2S/c1-16-9-7-11(10-16)6-8-15-19(17,18)13-5-3-2-4-12(13)14/h2-5,7,9-10,15H,6,8H2,1H3. The maximum absolute atomic E-state index is 12.0. The van der Waals surface area contributed by atoms with Crippen LogP contribution in [-0.2, 0) is 23.5 Å². The van der Waals surface area contributed by atoms with Gasteiger partial charge in [-0.25, -0.2) is 13.1 Å². The number of hydrogen-bond donors (Lipinski definition) is 1. The molecule has 19 heavy (non-hydrogen) atoms. The highest BCUT2D eigenvalue weighted by Crippen LogP contribution is 2.19. The highest BCUT2D eigenvalue weighted by Gasteiger charge is 2.16. The van der Waals surface area contributed by atoms with Crippen LogP contribution in [0.1, 0.15) is 5.56 Å². The lowest BCUT2D eigenvalue weighted by molar-refractivity contribution is 0.581. The van der Waals surface area contributed by atoms with Crippen molar-refractivity contribution in [3.05, 3.63) is 53.3 Å². The summed E-state index contributed by atoms with van der Waals surface area (Å²) in [5.41, 5.74) is 1.09. The molecule has 0 unspecified atom stereocenters. The topological polar surface area (TPSA) is 51.1 Å². The molecule has 2 rings (SSSR count). The molecule has 0 atom stereocenters. The third-order valence-electron chi connectivity index (χ3n) is 2.73. The molecule has 4 nitrogen and oxygen atoms in total. The van der Waals surface area contributed by atoms with Gasteiger partial charge < -0.3 is 4.57 Å². The number of nitrogens with one attached hydrogen (secondary N) is 1. The summed E-state index contributed by atoms with van der Waals surface area (Å²) in [7, 11) is -1.62. The lowest BCUT2D eigenvalue weighted by Gasteiger charge is -2.07. The summed E-state index contributed by atoms with van der Waals surface area (Å²) in [6.07, 6.45) is 4.53. The summed E-state index contributed by atoms with van der Waals surface area (Å²) in [5.74, 6) is 0. The minimum atomic E-state index is -3.54. The second-order valence-corrected chi connectivity index (χ2v) is 6.41. The van der Waals surface area contributed by atoms with Crippen molar-refractivity contribution >= 4 is 21.6 Å². The Hall–Kier alpha value is -1.30. The van der Waals surface area contributed by atoms with E-state index >= 15 is 0 Å². The molecule has 1 heterocycles. The Morgan fingerprint density at radius 3 is 2.63 bits per heavy atom. The van der Waals surface area contributed by atoms with Crippen molar-refractivity contribution in [2.75, 3.05) is 6.54 Å². The molecule has 0 saturated heterocycles. The zero-order chi connectivity index (χ0) is 13.9. The maximum atomic E-state index is 12.0. The van der Waals surface area contributed by atoms with Gasteiger partial charge in [0.1, 0.15) is 4.90 Å². The fourth-order valence-electron chi connectivity index (χ4n) is 1.78. The van der Waals surface area contributed by atoms with Gasteiger partial charge in [-0.2, -0.15) is 0 Å². The first-order valence-electron chi connectivity index (χ1n) is 5.84. The van der Waals surface area contributed by atoms with Crippen molar-refractivity contribution < 1.29 is 8.42 Å². The van der Waals surface area contributed by atoms with Crippen LogP contribution in [0, 0.1) is 0 Å². The quantitative estimate of drug-likeness (QED) is 0.920. The first-order valence-corrected chi connectivity index (χ1v) is 7.70. The molecule has 0 saturated carbocycles. The van der Waals surface area contributed by atoms with Crippen molar-refractivity contribution in [3.63, 3.8) is 0 Å². The van der Waals surface area contributed by atoms with Crippen molar-refractivity contribution in [2.24, 2.45) is 7.05 Å². The molecule has 1 aromatic heterocycles. The number of hydrogen-bond acceptors (Lipinski definition) is 2. The van der Waals surface area contributed by atoms with Gasteiger partial charge >= 0.3 is 0 Å². The molecule has 0 radical (unpaired) electrons. The lowest BCUT2D eigenvalue weighted by Crippen LogP contribution is -2.26. The van der Waals surface area contributed by atoms with E-state index < -0.39 is 10.0 Å². The molecule has 0 aliphatic heterocycles. The van der Waals surface area contributed by atoms with Gasteiger partial charge in [-0.15, -0.1) is 0 Å². The fraction of sp³-hybridized carbons (Fsp3) is 0.231. The number of aryl methyl sites for hydroxylation is 1. The predicted octanol–water partition coefficient (Wildman–Crippen LogP) is 2.20. The number of rotatable bonds is 5. The number of sulfonamides is 1. The second-order valence-electron chi connectivity index (χ2n) is 4.26.